The van der Waals surface area contributed by atoms with Crippen LogP contribution in [0.1, 0.15) is 40.0 Å². The van der Waals surface area contributed by atoms with E-state index in [9.17, 15) is 0 Å². The molecule has 15 heavy (non-hydrogen) atoms. The van der Waals surface area contributed by atoms with Crippen molar-refractivity contribution in [2.24, 2.45) is 11.3 Å². The molecule has 0 aromatic rings. The highest BCUT2D eigenvalue weighted by Gasteiger charge is 2.33. The van der Waals surface area contributed by atoms with Crippen molar-refractivity contribution in [1.29, 1.82) is 0 Å². The van der Waals surface area contributed by atoms with Crippen LogP contribution in [0.5, 0.6) is 0 Å². The molecule has 88 valence electrons. The summed E-state index contributed by atoms with van der Waals surface area (Å²) in [5.74, 6) is 0.902. The Labute approximate surface area is 94.4 Å². The van der Waals surface area contributed by atoms with Crippen LogP contribution in [-0.4, -0.2) is 37.1 Å². The number of hydrogen-bond acceptors (Lipinski definition) is 2. The minimum absolute atomic E-state index is 0.533. The predicted molar refractivity (Wildman–Crippen MR) is 65.0 cm³/mol. The van der Waals surface area contributed by atoms with Crippen molar-refractivity contribution in [3.8, 4) is 0 Å². The molecule has 0 amide bonds. The van der Waals surface area contributed by atoms with Gasteiger partial charge < -0.3 is 5.32 Å². The number of piperidine rings is 1. The summed E-state index contributed by atoms with van der Waals surface area (Å²) in [5.41, 5.74) is 0.533. The standard InChI is InChI=1S/C13H26N2/c1-11-4-5-12(2)15(8-11)10-13(3)6-7-14-9-13/h11-12,14H,4-10H2,1-3H3. The zero-order valence-electron chi connectivity index (χ0n) is 10.6. The number of nitrogens with one attached hydrogen (secondary N) is 1. The quantitative estimate of drug-likeness (QED) is 0.751. The van der Waals surface area contributed by atoms with Gasteiger partial charge in [-0.25, -0.2) is 0 Å². The molecule has 0 aliphatic carbocycles. The Bertz CT molecular complexity index is 209. The molecular formula is C13H26N2. The lowest BCUT2D eigenvalue weighted by Gasteiger charge is -2.41. The summed E-state index contributed by atoms with van der Waals surface area (Å²) >= 11 is 0. The third kappa shape index (κ3) is 2.73. The molecule has 3 atom stereocenters. The van der Waals surface area contributed by atoms with Gasteiger partial charge in [-0.05, 0) is 44.1 Å². The van der Waals surface area contributed by atoms with E-state index in [1.165, 1.54) is 45.4 Å². The van der Waals surface area contributed by atoms with E-state index in [1.807, 2.05) is 0 Å². The Balaban J connectivity index is 1.91. The summed E-state index contributed by atoms with van der Waals surface area (Å²) in [6.45, 7) is 12.3. The Morgan fingerprint density at radius 1 is 1.33 bits per heavy atom. The van der Waals surface area contributed by atoms with Crippen LogP contribution in [0.25, 0.3) is 0 Å². The van der Waals surface area contributed by atoms with E-state index >= 15 is 0 Å². The summed E-state index contributed by atoms with van der Waals surface area (Å²) < 4.78 is 0. The maximum atomic E-state index is 3.50. The van der Waals surface area contributed by atoms with E-state index in [4.69, 9.17) is 0 Å². The summed E-state index contributed by atoms with van der Waals surface area (Å²) in [6, 6.07) is 0.804. The SMILES string of the molecule is CC1CCC(C)N(CC2(C)CCNC2)C1. The molecule has 0 spiro atoms. The number of likely N-dealkylation sites (tertiary alicyclic amines) is 1. The van der Waals surface area contributed by atoms with Gasteiger partial charge in [0.1, 0.15) is 0 Å². The largest absolute Gasteiger partial charge is 0.316 e. The Kier molecular flexibility index (Phi) is 3.36. The van der Waals surface area contributed by atoms with Crippen molar-refractivity contribution >= 4 is 0 Å². The zero-order chi connectivity index (χ0) is 10.9. The first-order chi connectivity index (χ1) is 7.09. The minimum atomic E-state index is 0.533. The highest BCUT2D eigenvalue weighted by atomic mass is 15.2. The molecule has 2 aliphatic rings. The van der Waals surface area contributed by atoms with Gasteiger partial charge in [0.25, 0.3) is 0 Å². The van der Waals surface area contributed by atoms with E-state index < -0.39 is 0 Å². The van der Waals surface area contributed by atoms with Gasteiger partial charge in [-0.3, -0.25) is 4.90 Å². The lowest BCUT2D eigenvalue weighted by Crippen LogP contribution is -2.46. The van der Waals surface area contributed by atoms with Crippen molar-refractivity contribution < 1.29 is 0 Å². The Morgan fingerprint density at radius 2 is 2.13 bits per heavy atom. The lowest BCUT2D eigenvalue weighted by molar-refractivity contribution is 0.0804. The van der Waals surface area contributed by atoms with Crippen LogP contribution in [0.4, 0.5) is 0 Å². The Morgan fingerprint density at radius 3 is 2.80 bits per heavy atom. The van der Waals surface area contributed by atoms with E-state index in [2.05, 4.69) is 31.0 Å². The van der Waals surface area contributed by atoms with Crippen LogP contribution in [0.15, 0.2) is 0 Å². The van der Waals surface area contributed by atoms with E-state index in [0.717, 1.165) is 12.0 Å². The van der Waals surface area contributed by atoms with Gasteiger partial charge in [0, 0.05) is 25.7 Å². The summed E-state index contributed by atoms with van der Waals surface area (Å²) in [7, 11) is 0. The lowest BCUT2D eigenvalue weighted by atomic mass is 9.86. The van der Waals surface area contributed by atoms with Gasteiger partial charge in [0.2, 0.25) is 0 Å². The number of hydrogen-bond donors (Lipinski definition) is 1. The molecule has 2 heterocycles. The van der Waals surface area contributed by atoms with Gasteiger partial charge in [-0.15, -0.1) is 0 Å². The van der Waals surface area contributed by atoms with Gasteiger partial charge in [0.15, 0.2) is 0 Å². The molecule has 3 unspecified atom stereocenters. The second-order valence-corrected chi connectivity index (χ2v) is 6.20. The molecule has 2 saturated heterocycles. The highest BCUT2D eigenvalue weighted by molar-refractivity contribution is 4.89. The normalized spacial score (nSPS) is 43.4. The average Bonchev–Trinajstić information content (AvgIpc) is 2.59. The molecule has 1 N–H and O–H groups in total. The highest BCUT2D eigenvalue weighted by Crippen LogP contribution is 2.30. The van der Waals surface area contributed by atoms with E-state index in [-0.39, 0.29) is 0 Å². The minimum Gasteiger partial charge on any atom is -0.316 e. The van der Waals surface area contributed by atoms with Crippen molar-refractivity contribution in [1.82, 2.24) is 10.2 Å². The first kappa shape index (κ1) is 11.4. The third-order valence-electron chi connectivity index (χ3n) is 4.29. The predicted octanol–water partition coefficient (Wildman–Crippen LogP) is 2.11. The fraction of sp³-hybridized carbons (Fsp3) is 1.00. The van der Waals surface area contributed by atoms with Crippen molar-refractivity contribution in [3.05, 3.63) is 0 Å². The molecule has 0 saturated carbocycles. The maximum absolute atomic E-state index is 3.50. The molecule has 0 aromatic heterocycles. The molecule has 2 nitrogen and oxygen atoms in total. The van der Waals surface area contributed by atoms with Crippen LogP contribution < -0.4 is 5.32 Å². The maximum Gasteiger partial charge on any atom is 0.00673 e. The summed E-state index contributed by atoms with van der Waals surface area (Å²) in [5, 5.41) is 3.50. The fourth-order valence-corrected chi connectivity index (χ4v) is 3.09. The van der Waals surface area contributed by atoms with Crippen LogP contribution in [-0.2, 0) is 0 Å². The summed E-state index contributed by atoms with van der Waals surface area (Å²) in [4.78, 5) is 2.72. The molecule has 0 aromatic carbocycles. The molecule has 0 radical (unpaired) electrons. The smallest absolute Gasteiger partial charge is 0.00673 e. The van der Waals surface area contributed by atoms with Crippen LogP contribution in [0.2, 0.25) is 0 Å². The molecule has 2 rings (SSSR count). The fourth-order valence-electron chi connectivity index (χ4n) is 3.09. The van der Waals surface area contributed by atoms with Crippen LogP contribution >= 0.6 is 0 Å². The van der Waals surface area contributed by atoms with Crippen molar-refractivity contribution in [3.63, 3.8) is 0 Å². The van der Waals surface area contributed by atoms with Gasteiger partial charge in [-0.2, -0.15) is 0 Å². The number of nitrogens with zero attached hydrogens (tertiary/aromatic N) is 1. The van der Waals surface area contributed by atoms with E-state index in [0.29, 0.717) is 5.41 Å². The first-order valence-corrected chi connectivity index (χ1v) is 6.54. The second kappa shape index (κ2) is 4.42. The van der Waals surface area contributed by atoms with Crippen molar-refractivity contribution in [2.75, 3.05) is 26.2 Å². The Hall–Kier alpha value is -0.0800. The molecule has 2 fully saturated rings. The topological polar surface area (TPSA) is 15.3 Å². The second-order valence-electron chi connectivity index (χ2n) is 6.20. The van der Waals surface area contributed by atoms with Gasteiger partial charge in [0.05, 0.1) is 0 Å². The zero-order valence-corrected chi connectivity index (χ0v) is 10.6. The van der Waals surface area contributed by atoms with Crippen LogP contribution in [0.3, 0.4) is 0 Å². The molecule has 0 bridgehead atoms. The molecule has 2 heteroatoms. The van der Waals surface area contributed by atoms with Gasteiger partial charge >= 0.3 is 0 Å². The summed E-state index contributed by atoms with van der Waals surface area (Å²) in [6.07, 6.45) is 4.17. The average molecular weight is 210 g/mol. The van der Waals surface area contributed by atoms with Crippen LogP contribution in [0, 0.1) is 11.3 Å². The van der Waals surface area contributed by atoms with E-state index in [1.54, 1.807) is 0 Å². The number of rotatable bonds is 2. The molecule has 2 aliphatic heterocycles. The van der Waals surface area contributed by atoms with Gasteiger partial charge in [-0.1, -0.05) is 13.8 Å². The molecular weight excluding hydrogens is 184 g/mol. The first-order valence-electron chi connectivity index (χ1n) is 6.54. The monoisotopic (exact) mass is 210 g/mol. The van der Waals surface area contributed by atoms with Crippen molar-refractivity contribution in [2.45, 2.75) is 46.1 Å². The third-order valence-corrected chi connectivity index (χ3v) is 4.29.